The number of carbonyl (C=O) groups is 2. The van der Waals surface area contributed by atoms with Gasteiger partial charge in [-0.1, -0.05) is 319 Å². The van der Waals surface area contributed by atoms with Crippen molar-refractivity contribution in [3.05, 3.63) is 48.6 Å². The number of aliphatic hydroxyl groups is 2. The highest BCUT2D eigenvalue weighted by atomic mass is 16.5. The van der Waals surface area contributed by atoms with E-state index in [1.54, 1.807) is 0 Å². The number of hydrogen-bond acceptors (Lipinski definition) is 5. The predicted molar refractivity (Wildman–Crippen MR) is 338 cm³/mol. The first-order valence-electron chi connectivity index (χ1n) is 34.4. The Balaban J connectivity index is 3.34. The quantitative estimate of drug-likeness (QED) is 0.0320. The van der Waals surface area contributed by atoms with Gasteiger partial charge in [-0.15, -0.1) is 0 Å². The maximum absolute atomic E-state index is 12.4. The van der Waals surface area contributed by atoms with Crippen molar-refractivity contribution in [1.29, 1.82) is 0 Å². The van der Waals surface area contributed by atoms with Gasteiger partial charge in [0, 0.05) is 12.8 Å². The summed E-state index contributed by atoms with van der Waals surface area (Å²) in [5, 5.41) is 23.2. The molecule has 0 spiro atoms. The van der Waals surface area contributed by atoms with Crippen LogP contribution in [0.3, 0.4) is 0 Å². The van der Waals surface area contributed by atoms with E-state index in [0.29, 0.717) is 25.9 Å². The normalized spacial score (nSPS) is 12.8. The molecule has 6 heteroatoms. The molecule has 0 aliphatic rings. The Labute approximate surface area is 480 Å². The van der Waals surface area contributed by atoms with Crippen molar-refractivity contribution >= 4 is 11.9 Å². The summed E-state index contributed by atoms with van der Waals surface area (Å²) in [6, 6.07) is -0.538. The Morgan fingerprint density at radius 1 is 0.364 bits per heavy atom. The number of allylic oxidation sites excluding steroid dienone is 8. The van der Waals surface area contributed by atoms with Crippen LogP contribution < -0.4 is 5.32 Å². The fraction of sp³-hybridized carbons (Fsp3) is 0.859. The van der Waals surface area contributed by atoms with Crippen molar-refractivity contribution in [3.63, 3.8) is 0 Å². The van der Waals surface area contributed by atoms with Crippen molar-refractivity contribution in [1.82, 2.24) is 5.32 Å². The number of hydrogen-bond donors (Lipinski definition) is 3. The molecule has 0 fully saturated rings. The van der Waals surface area contributed by atoms with Crippen LogP contribution in [0.4, 0.5) is 0 Å². The number of ether oxygens (including phenoxy) is 1. The molecule has 6 nitrogen and oxygen atoms in total. The van der Waals surface area contributed by atoms with Gasteiger partial charge >= 0.3 is 5.97 Å². The van der Waals surface area contributed by atoms with Gasteiger partial charge in [0.1, 0.15) is 0 Å². The van der Waals surface area contributed by atoms with Crippen molar-refractivity contribution in [3.8, 4) is 0 Å². The molecule has 77 heavy (non-hydrogen) atoms. The molecule has 0 aliphatic heterocycles. The molecule has 0 saturated carbocycles. The topological polar surface area (TPSA) is 95.9 Å². The third-order valence-corrected chi connectivity index (χ3v) is 15.8. The fourth-order valence-corrected chi connectivity index (χ4v) is 10.6. The van der Waals surface area contributed by atoms with Gasteiger partial charge in [-0.25, -0.2) is 0 Å². The Morgan fingerprint density at radius 2 is 0.675 bits per heavy atom. The standard InChI is InChI=1S/C71H133NO5/c1-3-5-7-9-11-13-15-41-45-49-53-57-61-65-71(76)77-66-62-58-54-50-46-43-40-38-36-34-32-30-28-26-24-22-20-18-16-17-19-21-23-25-27-29-31-33-35-37-39-42-44-48-52-56-60-64-70(75)72-68(67-73)69(74)63-59-55-51-47-14-12-10-8-6-4-2/h7,9,13,15-16,18,22,24,68-69,73-74H,3-6,8,10-12,14,17,19-21,23,25-67H2,1-2H3,(H,72,75)/b9-7-,15-13-,18-16-,24-22-. The average molecular weight is 1080 g/mol. The van der Waals surface area contributed by atoms with E-state index in [1.165, 1.54) is 276 Å². The minimum absolute atomic E-state index is 0.00314. The number of unbranched alkanes of at least 4 members (excludes halogenated alkanes) is 45. The highest BCUT2D eigenvalue weighted by molar-refractivity contribution is 5.76. The van der Waals surface area contributed by atoms with Crippen LogP contribution in [0.2, 0.25) is 0 Å². The number of carbonyl (C=O) groups excluding carboxylic acids is 2. The van der Waals surface area contributed by atoms with E-state index < -0.39 is 12.1 Å². The van der Waals surface area contributed by atoms with Crippen molar-refractivity contribution in [2.75, 3.05) is 13.2 Å². The monoisotopic (exact) mass is 1080 g/mol. The van der Waals surface area contributed by atoms with Gasteiger partial charge in [-0.2, -0.15) is 0 Å². The summed E-state index contributed by atoms with van der Waals surface area (Å²) in [5.74, 6) is -0.0297. The Hall–Kier alpha value is -2.18. The number of nitrogens with one attached hydrogen (secondary N) is 1. The maximum atomic E-state index is 12.4. The molecule has 1 amide bonds. The van der Waals surface area contributed by atoms with Crippen LogP contribution in [0, 0.1) is 0 Å². The Morgan fingerprint density at radius 3 is 1.04 bits per heavy atom. The van der Waals surface area contributed by atoms with Gasteiger partial charge in [0.05, 0.1) is 25.4 Å². The second-order valence-electron chi connectivity index (χ2n) is 23.5. The van der Waals surface area contributed by atoms with E-state index in [-0.39, 0.29) is 18.5 Å². The van der Waals surface area contributed by atoms with Crippen molar-refractivity contribution < 1.29 is 24.5 Å². The lowest BCUT2D eigenvalue weighted by atomic mass is 10.0. The van der Waals surface area contributed by atoms with Crippen LogP contribution in [-0.4, -0.2) is 47.4 Å². The molecule has 0 saturated heterocycles. The molecule has 452 valence electrons. The van der Waals surface area contributed by atoms with Gasteiger partial charge < -0.3 is 20.3 Å². The maximum Gasteiger partial charge on any atom is 0.305 e. The third-order valence-electron chi connectivity index (χ3n) is 15.8. The van der Waals surface area contributed by atoms with Gasteiger partial charge in [0.25, 0.3) is 0 Å². The van der Waals surface area contributed by atoms with Crippen LogP contribution in [0.25, 0.3) is 0 Å². The Kier molecular flexibility index (Phi) is 64.5. The molecule has 0 aromatic carbocycles. The highest BCUT2D eigenvalue weighted by Gasteiger charge is 2.20. The summed E-state index contributed by atoms with van der Waals surface area (Å²) in [6.45, 7) is 4.88. The zero-order valence-electron chi connectivity index (χ0n) is 51.7. The van der Waals surface area contributed by atoms with E-state index >= 15 is 0 Å². The molecule has 3 N–H and O–H groups in total. The smallest absolute Gasteiger partial charge is 0.305 e. The molecule has 0 aliphatic carbocycles. The van der Waals surface area contributed by atoms with Gasteiger partial charge in [0.2, 0.25) is 5.91 Å². The predicted octanol–water partition coefficient (Wildman–Crippen LogP) is 22.1. The second kappa shape index (κ2) is 66.3. The van der Waals surface area contributed by atoms with E-state index in [9.17, 15) is 19.8 Å². The zero-order valence-corrected chi connectivity index (χ0v) is 51.7. The van der Waals surface area contributed by atoms with Gasteiger partial charge in [-0.05, 0) is 83.5 Å². The van der Waals surface area contributed by atoms with Crippen molar-refractivity contribution in [2.24, 2.45) is 0 Å². The van der Waals surface area contributed by atoms with Crippen molar-refractivity contribution in [2.45, 2.75) is 379 Å². The Bertz CT molecular complexity index is 1290. The molecule has 2 atom stereocenters. The SMILES string of the molecule is CCC/C=C\C/C=C\CCCCCCCC(=O)OCCCCCCCCCCCCCCC/C=C\C/C=C\CCCCCCCCCCCCCCCCCCCC(=O)NC(CO)C(O)CCCCCCCCCCCC. The summed E-state index contributed by atoms with van der Waals surface area (Å²) in [5.41, 5.74) is 0. The molecule has 2 unspecified atom stereocenters. The first kappa shape index (κ1) is 74.8. The molecule has 0 aromatic rings. The van der Waals surface area contributed by atoms with E-state index in [2.05, 4.69) is 67.8 Å². The molecule has 0 rings (SSSR count). The minimum atomic E-state index is -0.660. The molecule has 0 bridgehead atoms. The van der Waals surface area contributed by atoms with E-state index in [1.807, 2.05) is 0 Å². The van der Waals surface area contributed by atoms with Crippen LogP contribution in [0.5, 0.6) is 0 Å². The first-order chi connectivity index (χ1) is 38.0. The summed E-state index contributed by atoms with van der Waals surface area (Å²) in [7, 11) is 0. The third kappa shape index (κ3) is 62.9. The molecular weight excluding hydrogens is 947 g/mol. The zero-order chi connectivity index (χ0) is 55.7. The van der Waals surface area contributed by atoms with E-state index in [4.69, 9.17) is 4.74 Å². The number of rotatable bonds is 64. The van der Waals surface area contributed by atoms with E-state index in [0.717, 1.165) is 57.8 Å². The summed E-state index contributed by atoms with van der Waals surface area (Å²) >= 11 is 0. The summed E-state index contributed by atoms with van der Waals surface area (Å²) in [4.78, 5) is 24.5. The van der Waals surface area contributed by atoms with Gasteiger partial charge in [0.15, 0.2) is 0 Å². The van der Waals surface area contributed by atoms with Gasteiger partial charge in [-0.3, -0.25) is 9.59 Å². The summed E-state index contributed by atoms with van der Waals surface area (Å²) < 4.78 is 5.47. The number of aliphatic hydroxyl groups excluding tert-OH is 2. The minimum Gasteiger partial charge on any atom is -0.466 e. The highest BCUT2D eigenvalue weighted by Crippen LogP contribution is 2.18. The molecule has 0 radical (unpaired) electrons. The van der Waals surface area contributed by atoms with Crippen LogP contribution in [0.1, 0.15) is 367 Å². The lowest BCUT2D eigenvalue weighted by Gasteiger charge is -2.22. The number of amides is 1. The molecular formula is C71H133NO5. The second-order valence-corrected chi connectivity index (χ2v) is 23.5. The average Bonchev–Trinajstić information content (AvgIpc) is 3.43. The lowest BCUT2D eigenvalue weighted by Crippen LogP contribution is -2.45. The van der Waals surface area contributed by atoms with Crippen LogP contribution in [0.15, 0.2) is 48.6 Å². The summed E-state index contributed by atoms with van der Waals surface area (Å²) in [6.07, 6.45) is 86.1. The lowest BCUT2D eigenvalue weighted by molar-refractivity contribution is -0.143. The van der Waals surface area contributed by atoms with Crippen LogP contribution in [-0.2, 0) is 14.3 Å². The molecule has 0 heterocycles. The first-order valence-corrected chi connectivity index (χ1v) is 34.4. The largest absolute Gasteiger partial charge is 0.466 e. The van der Waals surface area contributed by atoms with Crippen LogP contribution >= 0.6 is 0 Å². The number of esters is 1. The molecule has 0 aromatic heterocycles. The fourth-order valence-electron chi connectivity index (χ4n) is 10.6.